The van der Waals surface area contributed by atoms with Crippen molar-refractivity contribution in [3.05, 3.63) is 26.5 Å². The summed E-state index contributed by atoms with van der Waals surface area (Å²) in [6.07, 6.45) is -2.21. The molecule has 1 aromatic rings. The second kappa shape index (κ2) is 3.82. The van der Waals surface area contributed by atoms with Crippen molar-refractivity contribution in [2.24, 2.45) is 0 Å². The number of halogens is 3. The fourth-order valence-electron chi connectivity index (χ4n) is 0.816. The van der Waals surface area contributed by atoms with Crippen molar-refractivity contribution in [1.82, 2.24) is 4.98 Å². The van der Waals surface area contributed by atoms with E-state index >= 15 is 0 Å². The van der Waals surface area contributed by atoms with E-state index in [0.717, 1.165) is 6.20 Å². The maximum Gasteiger partial charge on any atom is 0.328 e. The van der Waals surface area contributed by atoms with Crippen LogP contribution < -0.4 is 0 Å². The van der Waals surface area contributed by atoms with Gasteiger partial charge in [0.1, 0.15) is 4.47 Å². The van der Waals surface area contributed by atoms with Crippen molar-refractivity contribution in [3.8, 4) is 5.75 Å². The van der Waals surface area contributed by atoms with E-state index in [-0.39, 0.29) is 4.47 Å². The predicted molar refractivity (Wildman–Crippen MR) is 45.2 cm³/mol. The van der Waals surface area contributed by atoms with Gasteiger partial charge < -0.3 is 5.11 Å². The summed E-state index contributed by atoms with van der Waals surface area (Å²) in [6.45, 7) is 0. The molecule has 0 atom stereocenters. The highest BCUT2D eigenvalue weighted by molar-refractivity contribution is 9.10. The summed E-state index contributed by atoms with van der Waals surface area (Å²) in [4.78, 5) is 12.6. The van der Waals surface area contributed by atoms with Gasteiger partial charge in [-0.05, 0) is 15.9 Å². The molecule has 1 aromatic heterocycles. The zero-order valence-electron chi connectivity index (χ0n) is 6.45. The largest absolute Gasteiger partial charge is 0.501 e. The van der Waals surface area contributed by atoms with Crippen LogP contribution in [0.25, 0.3) is 0 Å². The van der Waals surface area contributed by atoms with Gasteiger partial charge in [0.15, 0.2) is 5.69 Å². The van der Waals surface area contributed by atoms with Gasteiger partial charge in [-0.15, -0.1) is 0 Å². The number of nitrogens with zero attached hydrogens (tertiary/aromatic N) is 2. The van der Waals surface area contributed by atoms with E-state index < -0.39 is 28.5 Å². The molecule has 76 valence electrons. The molecule has 14 heavy (non-hydrogen) atoms. The van der Waals surface area contributed by atoms with E-state index in [1.54, 1.807) is 0 Å². The minimum absolute atomic E-state index is 0.149. The molecular weight excluding hydrogens is 266 g/mol. The summed E-state index contributed by atoms with van der Waals surface area (Å²) in [5.41, 5.74) is -1.81. The van der Waals surface area contributed by atoms with Crippen LogP contribution in [0.15, 0.2) is 10.7 Å². The zero-order chi connectivity index (χ0) is 10.9. The standard InChI is InChI=1S/C6H3BrF2N2O3/c7-2-1-10-3(6(8)9)5(12)4(2)11(13)14/h1,6,12H. The third kappa shape index (κ3) is 1.79. The topological polar surface area (TPSA) is 76.3 Å². The van der Waals surface area contributed by atoms with Crippen LogP contribution in [0, 0.1) is 10.1 Å². The Kier molecular flexibility index (Phi) is 2.94. The molecule has 0 unspecified atom stereocenters. The lowest BCUT2D eigenvalue weighted by molar-refractivity contribution is -0.386. The highest BCUT2D eigenvalue weighted by Crippen LogP contribution is 2.38. The Hall–Kier alpha value is -1.31. The summed E-state index contributed by atoms with van der Waals surface area (Å²) in [6, 6.07) is 0. The number of hydrogen-bond donors (Lipinski definition) is 1. The average molecular weight is 269 g/mol. The molecule has 1 rings (SSSR count). The highest BCUT2D eigenvalue weighted by atomic mass is 79.9. The highest BCUT2D eigenvalue weighted by Gasteiger charge is 2.26. The number of hydrogen-bond acceptors (Lipinski definition) is 4. The molecule has 0 saturated carbocycles. The minimum Gasteiger partial charge on any atom is -0.501 e. The molecule has 0 amide bonds. The number of pyridine rings is 1. The van der Waals surface area contributed by atoms with E-state index in [0.29, 0.717) is 0 Å². The molecule has 0 saturated heterocycles. The van der Waals surface area contributed by atoms with Gasteiger partial charge in [0.25, 0.3) is 6.43 Å². The molecule has 0 radical (unpaired) electrons. The van der Waals surface area contributed by atoms with E-state index in [2.05, 4.69) is 20.9 Å². The van der Waals surface area contributed by atoms with Crippen molar-refractivity contribution in [2.45, 2.75) is 6.43 Å². The van der Waals surface area contributed by atoms with Gasteiger partial charge in [0, 0.05) is 6.20 Å². The van der Waals surface area contributed by atoms with Crippen molar-refractivity contribution in [3.63, 3.8) is 0 Å². The zero-order valence-corrected chi connectivity index (χ0v) is 8.03. The third-order valence-electron chi connectivity index (χ3n) is 1.40. The molecule has 1 heterocycles. The molecule has 0 aliphatic heterocycles. The first-order valence-electron chi connectivity index (χ1n) is 3.25. The maximum absolute atomic E-state index is 12.1. The van der Waals surface area contributed by atoms with Crippen molar-refractivity contribution < 1.29 is 18.8 Å². The maximum atomic E-state index is 12.1. The molecule has 1 N–H and O–H groups in total. The van der Waals surface area contributed by atoms with Gasteiger partial charge in [0.2, 0.25) is 5.75 Å². The molecular formula is C6H3BrF2N2O3. The summed E-state index contributed by atoms with van der Waals surface area (Å²) in [7, 11) is 0. The van der Waals surface area contributed by atoms with Crippen LogP contribution in [0.5, 0.6) is 5.75 Å². The Morgan fingerprint density at radius 2 is 2.21 bits per heavy atom. The number of aromatic nitrogens is 1. The van der Waals surface area contributed by atoms with Gasteiger partial charge in [-0.2, -0.15) is 0 Å². The van der Waals surface area contributed by atoms with Crippen LogP contribution in [0.4, 0.5) is 14.5 Å². The fraction of sp³-hybridized carbons (Fsp3) is 0.167. The lowest BCUT2D eigenvalue weighted by Crippen LogP contribution is -1.97. The van der Waals surface area contributed by atoms with Crippen molar-refractivity contribution >= 4 is 21.6 Å². The Bertz CT molecular complexity index is 386. The molecule has 8 heteroatoms. The third-order valence-corrected chi connectivity index (χ3v) is 1.98. The molecule has 0 aliphatic carbocycles. The summed E-state index contributed by atoms with van der Waals surface area (Å²) in [5, 5.41) is 19.5. The number of alkyl halides is 2. The van der Waals surface area contributed by atoms with E-state index in [9.17, 15) is 18.9 Å². The molecule has 0 aromatic carbocycles. The van der Waals surface area contributed by atoms with Crippen LogP contribution in [0.3, 0.4) is 0 Å². The van der Waals surface area contributed by atoms with Gasteiger partial charge in [-0.3, -0.25) is 10.1 Å². The van der Waals surface area contributed by atoms with Crippen LogP contribution >= 0.6 is 15.9 Å². The summed E-state index contributed by atoms with van der Waals surface area (Å²) < 4.78 is 24.1. The van der Waals surface area contributed by atoms with E-state index in [1.807, 2.05) is 0 Å². The minimum atomic E-state index is -3.05. The normalized spacial score (nSPS) is 10.6. The van der Waals surface area contributed by atoms with Crippen molar-refractivity contribution in [1.29, 1.82) is 0 Å². The van der Waals surface area contributed by atoms with Gasteiger partial charge in [-0.1, -0.05) is 0 Å². The number of rotatable bonds is 2. The first-order valence-corrected chi connectivity index (χ1v) is 4.04. The first kappa shape index (κ1) is 10.8. The Morgan fingerprint density at radius 3 is 2.64 bits per heavy atom. The van der Waals surface area contributed by atoms with Gasteiger partial charge in [-0.25, -0.2) is 13.8 Å². The smallest absolute Gasteiger partial charge is 0.328 e. The summed E-state index contributed by atoms with van der Waals surface area (Å²) in [5.74, 6) is -1.11. The molecule has 0 fully saturated rings. The van der Waals surface area contributed by atoms with Crippen molar-refractivity contribution in [2.75, 3.05) is 0 Å². The predicted octanol–water partition coefficient (Wildman–Crippen LogP) is 2.40. The lowest BCUT2D eigenvalue weighted by atomic mass is 10.3. The molecule has 0 aliphatic rings. The Balaban J connectivity index is 3.41. The number of aromatic hydroxyl groups is 1. The summed E-state index contributed by atoms with van der Waals surface area (Å²) >= 11 is 2.72. The van der Waals surface area contributed by atoms with Gasteiger partial charge >= 0.3 is 5.69 Å². The lowest BCUT2D eigenvalue weighted by Gasteiger charge is -2.03. The molecule has 0 bridgehead atoms. The van der Waals surface area contributed by atoms with Gasteiger partial charge in [0.05, 0.1) is 4.92 Å². The monoisotopic (exact) mass is 268 g/mol. The molecule has 0 spiro atoms. The number of nitro groups is 1. The second-order valence-corrected chi connectivity index (χ2v) is 3.10. The quantitative estimate of drug-likeness (QED) is 0.660. The van der Waals surface area contributed by atoms with E-state index in [4.69, 9.17) is 5.11 Å². The van der Waals surface area contributed by atoms with Crippen LogP contribution in [-0.4, -0.2) is 15.0 Å². The Labute approximate surface area is 84.7 Å². The van der Waals surface area contributed by atoms with Crippen LogP contribution in [0.1, 0.15) is 12.1 Å². The average Bonchev–Trinajstić information content (AvgIpc) is 2.02. The SMILES string of the molecule is O=[N+]([O-])c1c(Br)cnc(C(F)F)c1O. The molecule has 5 nitrogen and oxygen atoms in total. The first-order chi connectivity index (χ1) is 6.45. The Morgan fingerprint density at radius 1 is 1.64 bits per heavy atom. The van der Waals surface area contributed by atoms with Crippen LogP contribution in [-0.2, 0) is 0 Å². The van der Waals surface area contributed by atoms with Crippen LogP contribution in [0.2, 0.25) is 0 Å². The van der Waals surface area contributed by atoms with E-state index in [1.165, 1.54) is 0 Å². The second-order valence-electron chi connectivity index (χ2n) is 2.25. The fourth-order valence-corrected chi connectivity index (χ4v) is 1.25.